The molecule has 20 heavy (non-hydrogen) atoms. The quantitative estimate of drug-likeness (QED) is 0.858. The zero-order valence-electron chi connectivity index (χ0n) is 13.4. The lowest BCUT2D eigenvalue weighted by Crippen LogP contribution is -2.42. The van der Waals surface area contributed by atoms with Crippen molar-refractivity contribution < 1.29 is 0 Å². The van der Waals surface area contributed by atoms with Crippen LogP contribution in [0, 0.1) is 0 Å². The maximum Gasteiger partial charge on any atom is 0.0402 e. The summed E-state index contributed by atoms with van der Waals surface area (Å²) in [5.41, 5.74) is 11.2. The second-order valence-corrected chi connectivity index (χ2v) is 6.07. The molecule has 3 heteroatoms. The van der Waals surface area contributed by atoms with Crippen LogP contribution in [-0.4, -0.2) is 38.1 Å². The highest BCUT2D eigenvalue weighted by Crippen LogP contribution is 2.30. The van der Waals surface area contributed by atoms with E-state index in [0.717, 1.165) is 37.7 Å². The minimum absolute atomic E-state index is 0.732. The van der Waals surface area contributed by atoms with E-state index < -0.39 is 0 Å². The first kappa shape index (κ1) is 15.2. The predicted molar refractivity (Wildman–Crippen MR) is 88.5 cm³/mol. The molecule has 2 rings (SSSR count). The Morgan fingerprint density at radius 1 is 1.10 bits per heavy atom. The average molecular weight is 275 g/mol. The van der Waals surface area contributed by atoms with Crippen molar-refractivity contribution in [3.8, 4) is 0 Å². The van der Waals surface area contributed by atoms with Crippen LogP contribution in [0.25, 0.3) is 0 Å². The topological polar surface area (TPSA) is 32.5 Å². The van der Waals surface area contributed by atoms with Gasteiger partial charge in [-0.3, -0.25) is 0 Å². The fourth-order valence-corrected chi connectivity index (χ4v) is 3.20. The molecule has 1 aliphatic rings. The molecule has 1 saturated heterocycles. The van der Waals surface area contributed by atoms with Gasteiger partial charge < -0.3 is 15.5 Å². The molecule has 112 valence electrons. The molecule has 0 unspecified atom stereocenters. The molecule has 1 aliphatic heterocycles. The van der Waals surface area contributed by atoms with Gasteiger partial charge in [-0.25, -0.2) is 0 Å². The third kappa shape index (κ3) is 3.09. The van der Waals surface area contributed by atoms with Crippen LogP contribution in [0.15, 0.2) is 12.1 Å². The van der Waals surface area contributed by atoms with Gasteiger partial charge in [0.2, 0.25) is 0 Å². The predicted octanol–water partition coefficient (Wildman–Crippen LogP) is 2.92. The molecule has 0 atom stereocenters. The molecule has 0 amide bonds. The van der Waals surface area contributed by atoms with E-state index in [4.69, 9.17) is 5.73 Å². The minimum Gasteiger partial charge on any atom is -0.398 e. The number of nitrogens with two attached hydrogens (primary N) is 1. The summed E-state index contributed by atoms with van der Waals surface area (Å²) in [4.78, 5) is 4.91. The first-order valence-electron chi connectivity index (χ1n) is 7.89. The van der Waals surface area contributed by atoms with Gasteiger partial charge in [0, 0.05) is 30.5 Å². The van der Waals surface area contributed by atoms with Crippen LogP contribution in [0.2, 0.25) is 0 Å². The van der Waals surface area contributed by atoms with E-state index in [0.29, 0.717) is 0 Å². The van der Waals surface area contributed by atoms with Crippen LogP contribution in [0.4, 0.5) is 11.4 Å². The molecule has 1 fully saturated rings. The van der Waals surface area contributed by atoms with Gasteiger partial charge in [0.1, 0.15) is 0 Å². The standard InChI is InChI=1S/C17H29N3/c1-5-13-12-17(14(6-2)11-16(13)18)20-9-7-15(8-10-20)19(3)4/h11-12,15H,5-10,18H2,1-4H3. The van der Waals surface area contributed by atoms with Crippen molar-refractivity contribution in [1.82, 2.24) is 4.90 Å². The van der Waals surface area contributed by atoms with Crippen molar-refractivity contribution in [2.45, 2.75) is 45.6 Å². The minimum atomic E-state index is 0.732. The Kier molecular flexibility index (Phi) is 4.92. The van der Waals surface area contributed by atoms with Gasteiger partial charge in [-0.1, -0.05) is 13.8 Å². The fraction of sp³-hybridized carbons (Fsp3) is 0.647. The van der Waals surface area contributed by atoms with E-state index >= 15 is 0 Å². The van der Waals surface area contributed by atoms with E-state index in [1.54, 1.807) is 0 Å². The maximum absolute atomic E-state index is 6.14. The summed E-state index contributed by atoms with van der Waals surface area (Å²) in [5, 5.41) is 0. The number of piperidine rings is 1. The van der Waals surface area contributed by atoms with Gasteiger partial charge in [-0.15, -0.1) is 0 Å². The number of nitrogen functional groups attached to an aromatic ring is 1. The summed E-state index contributed by atoms with van der Waals surface area (Å²) in [6.07, 6.45) is 4.57. The van der Waals surface area contributed by atoms with Crippen LogP contribution in [0.5, 0.6) is 0 Å². The molecule has 0 aromatic heterocycles. The van der Waals surface area contributed by atoms with Gasteiger partial charge in [0.15, 0.2) is 0 Å². The average Bonchev–Trinajstić information content (AvgIpc) is 2.47. The second kappa shape index (κ2) is 6.49. The molecule has 2 N–H and O–H groups in total. The monoisotopic (exact) mass is 275 g/mol. The Bertz CT molecular complexity index is 446. The summed E-state index contributed by atoms with van der Waals surface area (Å²) in [7, 11) is 4.38. The molecule has 1 heterocycles. The zero-order valence-corrected chi connectivity index (χ0v) is 13.4. The number of anilines is 2. The Hall–Kier alpha value is -1.22. The molecular formula is C17H29N3. The van der Waals surface area contributed by atoms with Crippen LogP contribution in [-0.2, 0) is 12.8 Å². The highest BCUT2D eigenvalue weighted by atomic mass is 15.2. The lowest BCUT2D eigenvalue weighted by Gasteiger charge is -2.37. The number of rotatable bonds is 4. The number of aryl methyl sites for hydroxylation is 2. The Morgan fingerprint density at radius 2 is 1.70 bits per heavy atom. The van der Waals surface area contributed by atoms with Crippen LogP contribution in [0.3, 0.4) is 0 Å². The Morgan fingerprint density at radius 3 is 2.20 bits per heavy atom. The lowest BCUT2D eigenvalue weighted by molar-refractivity contribution is 0.249. The summed E-state index contributed by atoms with van der Waals surface area (Å²) in [6, 6.07) is 5.24. The third-order valence-electron chi connectivity index (χ3n) is 4.64. The highest BCUT2D eigenvalue weighted by Gasteiger charge is 2.22. The molecule has 0 bridgehead atoms. The molecule has 1 aromatic carbocycles. The van der Waals surface area contributed by atoms with Crippen LogP contribution < -0.4 is 10.6 Å². The van der Waals surface area contributed by atoms with E-state index in [1.165, 1.54) is 29.7 Å². The third-order valence-corrected chi connectivity index (χ3v) is 4.64. The second-order valence-electron chi connectivity index (χ2n) is 6.07. The van der Waals surface area contributed by atoms with Crippen molar-refractivity contribution in [2.75, 3.05) is 37.8 Å². The van der Waals surface area contributed by atoms with Crippen LogP contribution in [0.1, 0.15) is 37.8 Å². The Labute approximate surface area is 123 Å². The van der Waals surface area contributed by atoms with E-state index in [9.17, 15) is 0 Å². The van der Waals surface area contributed by atoms with Gasteiger partial charge in [-0.2, -0.15) is 0 Å². The lowest BCUT2D eigenvalue weighted by atomic mass is 9.98. The van der Waals surface area contributed by atoms with Crippen LogP contribution >= 0.6 is 0 Å². The fourth-order valence-electron chi connectivity index (χ4n) is 3.20. The smallest absolute Gasteiger partial charge is 0.0402 e. The number of nitrogens with zero attached hydrogens (tertiary/aromatic N) is 2. The zero-order chi connectivity index (χ0) is 14.7. The largest absolute Gasteiger partial charge is 0.398 e. The molecule has 0 spiro atoms. The van der Waals surface area contributed by atoms with Crippen molar-refractivity contribution >= 4 is 11.4 Å². The van der Waals surface area contributed by atoms with Crippen molar-refractivity contribution in [2.24, 2.45) is 0 Å². The van der Waals surface area contributed by atoms with Gasteiger partial charge in [-0.05, 0) is 63.0 Å². The molecular weight excluding hydrogens is 246 g/mol. The van der Waals surface area contributed by atoms with Gasteiger partial charge >= 0.3 is 0 Å². The molecule has 3 nitrogen and oxygen atoms in total. The molecule has 1 aromatic rings. The van der Waals surface area contributed by atoms with E-state index in [-0.39, 0.29) is 0 Å². The van der Waals surface area contributed by atoms with Crippen molar-refractivity contribution in [3.05, 3.63) is 23.3 Å². The number of hydrogen-bond acceptors (Lipinski definition) is 3. The number of benzene rings is 1. The summed E-state index contributed by atoms with van der Waals surface area (Å²) in [5.74, 6) is 0. The normalized spacial score (nSPS) is 16.9. The summed E-state index contributed by atoms with van der Waals surface area (Å²) < 4.78 is 0. The first-order valence-corrected chi connectivity index (χ1v) is 7.89. The van der Waals surface area contributed by atoms with Crippen molar-refractivity contribution in [1.29, 1.82) is 0 Å². The number of hydrogen-bond donors (Lipinski definition) is 1. The molecule has 0 saturated carbocycles. The van der Waals surface area contributed by atoms with Gasteiger partial charge in [0.05, 0.1) is 0 Å². The maximum atomic E-state index is 6.14. The van der Waals surface area contributed by atoms with Crippen molar-refractivity contribution in [3.63, 3.8) is 0 Å². The first-order chi connectivity index (χ1) is 9.56. The van der Waals surface area contributed by atoms with Gasteiger partial charge in [0.25, 0.3) is 0 Å². The summed E-state index contributed by atoms with van der Waals surface area (Å²) >= 11 is 0. The summed E-state index contributed by atoms with van der Waals surface area (Å²) in [6.45, 7) is 6.71. The highest BCUT2D eigenvalue weighted by molar-refractivity contribution is 5.64. The van der Waals surface area contributed by atoms with E-state index in [2.05, 4.69) is 49.9 Å². The SMILES string of the molecule is CCc1cc(N2CCC(N(C)C)CC2)c(CC)cc1N. The Balaban J connectivity index is 2.20. The molecule has 0 aliphatic carbocycles. The van der Waals surface area contributed by atoms with E-state index in [1.807, 2.05) is 0 Å². The molecule has 0 radical (unpaired) electrons.